The van der Waals surface area contributed by atoms with Gasteiger partial charge in [-0.2, -0.15) is 0 Å². The summed E-state index contributed by atoms with van der Waals surface area (Å²) in [5, 5.41) is 1.32. The highest BCUT2D eigenvalue weighted by atomic mass is 35.5. The van der Waals surface area contributed by atoms with Crippen molar-refractivity contribution < 1.29 is 0 Å². The van der Waals surface area contributed by atoms with Gasteiger partial charge in [0.1, 0.15) is 0 Å². The molecule has 104 valence electrons. The molecular formula is C16H17ClN2S. The van der Waals surface area contributed by atoms with E-state index in [0.29, 0.717) is 5.17 Å². The van der Waals surface area contributed by atoms with Gasteiger partial charge in [0.15, 0.2) is 5.17 Å². The third-order valence-electron chi connectivity index (χ3n) is 2.94. The van der Waals surface area contributed by atoms with Crippen molar-refractivity contribution in [2.45, 2.75) is 19.6 Å². The first-order valence-electron chi connectivity index (χ1n) is 6.34. The van der Waals surface area contributed by atoms with E-state index in [-0.39, 0.29) is 0 Å². The highest BCUT2D eigenvalue weighted by molar-refractivity contribution is 8.13. The number of aliphatic imine (C=N–C) groups is 1. The van der Waals surface area contributed by atoms with E-state index in [2.05, 4.69) is 4.99 Å². The lowest BCUT2D eigenvalue weighted by molar-refractivity contribution is 1.32. The number of benzene rings is 2. The summed E-state index contributed by atoms with van der Waals surface area (Å²) in [4.78, 5) is 4.52. The third-order valence-corrected chi connectivity index (χ3v) is 4.04. The summed E-state index contributed by atoms with van der Waals surface area (Å²) in [6, 6.07) is 13.9. The normalized spacial score (nSPS) is 11.7. The molecule has 2 aromatic rings. The fraction of sp³-hybridized carbons (Fsp3) is 0.188. The number of hydrogen-bond acceptors (Lipinski definition) is 2. The standard InChI is InChI=1S/C16H17ClN2S/c1-11-5-3-6-12(2)15(11)19-16(18)20-10-13-7-4-8-14(17)9-13/h3-9H,10H2,1-2H3,(H2,18,19). The van der Waals surface area contributed by atoms with Crippen LogP contribution in [0.4, 0.5) is 5.69 Å². The van der Waals surface area contributed by atoms with E-state index in [0.717, 1.165) is 33.2 Å². The van der Waals surface area contributed by atoms with Crippen LogP contribution in [0.2, 0.25) is 5.02 Å². The van der Waals surface area contributed by atoms with Crippen LogP contribution in [0.1, 0.15) is 16.7 Å². The Morgan fingerprint density at radius 2 is 1.80 bits per heavy atom. The number of rotatable bonds is 3. The molecule has 4 heteroatoms. The molecule has 0 amide bonds. The predicted molar refractivity (Wildman–Crippen MR) is 89.9 cm³/mol. The smallest absolute Gasteiger partial charge is 0.159 e. The van der Waals surface area contributed by atoms with E-state index in [4.69, 9.17) is 17.3 Å². The van der Waals surface area contributed by atoms with Crippen LogP contribution in [0.25, 0.3) is 0 Å². The molecule has 2 aromatic carbocycles. The molecule has 0 aliphatic heterocycles. The Morgan fingerprint density at radius 1 is 1.15 bits per heavy atom. The zero-order valence-electron chi connectivity index (χ0n) is 11.6. The van der Waals surface area contributed by atoms with Crippen LogP contribution in [0.15, 0.2) is 47.5 Å². The Balaban J connectivity index is 2.08. The number of nitrogens with zero attached hydrogens (tertiary/aromatic N) is 1. The van der Waals surface area contributed by atoms with E-state index in [9.17, 15) is 0 Å². The first kappa shape index (κ1) is 14.9. The average molecular weight is 305 g/mol. The molecule has 0 aliphatic carbocycles. The van der Waals surface area contributed by atoms with Crippen molar-refractivity contribution in [3.05, 3.63) is 64.2 Å². The topological polar surface area (TPSA) is 38.4 Å². The highest BCUT2D eigenvalue weighted by Gasteiger charge is 2.03. The summed E-state index contributed by atoms with van der Waals surface area (Å²) in [5.74, 6) is 0.765. The van der Waals surface area contributed by atoms with E-state index in [1.165, 1.54) is 11.8 Å². The van der Waals surface area contributed by atoms with Gasteiger partial charge in [-0.15, -0.1) is 0 Å². The van der Waals surface area contributed by atoms with Crippen LogP contribution in [0.5, 0.6) is 0 Å². The molecule has 2 rings (SSSR count). The average Bonchev–Trinajstić information content (AvgIpc) is 2.41. The second-order valence-electron chi connectivity index (χ2n) is 4.61. The molecule has 0 spiro atoms. The van der Waals surface area contributed by atoms with Crippen molar-refractivity contribution in [1.29, 1.82) is 0 Å². The van der Waals surface area contributed by atoms with Crippen molar-refractivity contribution in [2.24, 2.45) is 10.7 Å². The molecule has 0 saturated heterocycles. The van der Waals surface area contributed by atoms with Gasteiger partial charge in [-0.05, 0) is 42.7 Å². The Morgan fingerprint density at radius 3 is 2.45 bits per heavy atom. The molecule has 0 aromatic heterocycles. The van der Waals surface area contributed by atoms with Crippen LogP contribution in [0, 0.1) is 13.8 Å². The second kappa shape index (κ2) is 6.82. The molecule has 2 N–H and O–H groups in total. The minimum absolute atomic E-state index is 0.572. The van der Waals surface area contributed by atoms with Crippen molar-refractivity contribution in [2.75, 3.05) is 0 Å². The van der Waals surface area contributed by atoms with Crippen LogP contribution in [-0.2, 0) is 5.75 Å². The van der Waals surface area contributed by atoms with E-state index in [1.54, 1.807) is 0 Å². The molecule has 0 fully saturated rings. The molecule has 2 nitrogen and oxygen atoms in total. The van der Waals surface area contributed by atoms with Crippen LogP contribution >= 0.6 is 23.4 Å². The first-order valence-corrected chi connectivity index (χ1v) is 7.70. The largest absolute Gasteiger partial charge is 0.378 e. The summed E-state index contributed by atoms with van der Waals surface area (Å²) in [6.07, 6.45) is 0. The fourth-order valence-electron chi connectivity index (χ4n) is 1.91. The number of halogens is 1. The maximum Gasteiger partial charge on any atom is 0.159 e. The van der Waals surface area contributed by atoms with Gasteiger partial charge in [-0.25, -0.2) is 4.99 Å². The van der Waals surface area contributed by atoms with Crippen LogP contribution in [0.3, 0.4) is 0 Å². The second-order valence-corrected chi connectivity index (χ2v) is 6.04. The van der Waals surface area contributed by atoms with Crippen molar-refractivity contribution in [3.8, 4) is 0 Å². The first-order chi connectivity index (χ1) is 9.56. The Hall–Kier alpha value is -1.45. The van der Waals surface area contributed by atoms with E-state index >= 15 is 0 Å². The molecular weight excluding hydrogens is 288 g/mol. The van der Waals surface area contributed by atoms with Crippen molar-refractivity contribution in [1.82, 2.24) is 0 Å². The molecule has 0 heterocycles. The summed E-state index contributed by atoms with van der Waals surface area (Å²) in [5.41, 5.74) is 10.4. The maximum absolute atomic E-state index is 6.01. The molecule has 0 atom stereocenters. The lowest BCUT2D eigenvalue weighted by Gasteiger charge is -2.06. The van der Waals surface area contributed by atoms with Gasteiger partial charge in [0.05, 0.1) is 5.69 Å². The molecule has 0 unspecified atom stereocenters. The van der Waals surface area contributed by atoms with Gasteiger partial charge in [-0.1, -0.05) is 53.7 Å². The number of para-hydroxylation sites is 1. The fourth-order valence-corrected chi connectivity index (χ4v) is 2.77. The quantitative estimate of drug-likeness (QED) is 0.651. The third kappa shape index (κ3) is 4.02. The molecule has 0 radical (unpaired) electrons. The lowest BCUT2D eigenvalue weighted by Crippen LogP contribution is -2.06. The zero-order chi connectivity index (χ0) is 14.5. The van der Waals surface area contributed by atoms with Gasteiger partial charge in [0.25, 0.3) is 0 Å². The summed E-state index contributed by atoms with van der Waals surface area (Å²) < 4.78 is 0. The van der Waals surface area contributed by atoms with Crippen LogP contribution < -0.4 is 5.73 Å². The highest BCUT2D eigenvalue weighted by Crippen LogP contribution is 2.25. The monoisotopic (exact) mass is 304 g/mol. The number of hydrogen-bond donors (Lipinski definition) is 1. The minimum Gasteiger partial charge on any atom is -0.378 e. The number of amidine groups is 1. The number of aryl methyl sites for hydroxylation is 2. The molecule has 0 bridgehead atoms. The number of nitrogens with two attached hydrogens (primary N) is 1. The van der Waals surface area contributed by atoms with Gasteiger partial charge in [0, 0.05) is 10.8 Å². The molecule has 0 saturated carbocycles. The van der Waals surface area contributed by atoms with Gasteiger partial charge in [-0.3, -0.25) is 0 Å². The Bertz CT molecular complexity index is 618. The summed E-state index contributed by atoms with van der Waals surface area (Å²) in [6.45, 7) is 4.08. The van der Waals surface area contributed by atoms with Gasteiger partial charge >= 0.3 is 0 Å². The number of thioether (sulfide) groups is 1. The van der Waals surface area contributed by atoms with Gasteiger partial charge < -0.3 is 5.73 Å². The van der Waals surface area contributed by atoms with E-state index < -0.39 is 0 Å². The van der Waals surface area contributed by atoms with Gasteiger partial charge in [0.2, 0.25) is 0 Å². The zero-order valence-corrected chi connectivity index (χ0v) is 13.1. The van der Waals surface area contributed by atoms with E-state index in [1.807, 2.05) is 56.3 Å². The SMILES string of the molecule is Cc1cccc(C)c1N=C(N)SCc1cccc(Cl)c1. The molecule has 0 aliphatic rings. The van der Waals surface area contributed by atoms with Crippen molar-refractivity contribution in [3.63, 3.8) is 0 Å². The Labute approximate surface area is 129 Å². The predicted octanol–water partition coefficient (Wildman–Crippen LogP) is 4.84. The summed E-state index contributed by atoms with van der Waals surface area (Å²) in [7, 11) is 0. The van der Waals surface area contributed by atoms with Crippen molar-refractivity contribution >= 4 is 34.2 Å². The summed E-state index contributed by atoms with van der Waals surface area (Å²) >= 11 is 7.48. The Kier molecular flexibility index (Phi) is 5.10. The minimum atomic E-state index is 0.572. The lowest BCUT2D eigenvalue weighted by atomic mass is 10.1. The maximum atomic E-state index is 6.01. The molecule has 20 heavy (non-hydrogen) atoms. The van der Waals surface area contributed by atoms with Crippen LogP contribution in [-0.4, -0.2) is 5.17 Å².